The molecule has 6 nitrogen and oxygen atoms in total. The summed E-state index contributed by atoms with van der Waals surface area (Å²) in [5, 5.41) is 13.7. The van der Waals surface area contributed by atoms with Gasteiger partial charge in [-0.2, -0.15) is 15.2 Å². The summed E-state index contributed by atoms with van der Waals surface area (Å²) in [5.41, 5.74) is 5.47. The van der Waals surface area contributed by atoms with Gasteiger partial charge in [0.1, 0.15) is 11.7 Å². The molecule has 8 aromatic rings. The van der Waals surface area contributed by atoms with Crippen LogP contribution in [-0.2, 0) is 0 Å². The van der Waals surface area contributed by atoms with Crippen molar-refractivity contribution in [2.75, 3.05) is 0 Å². The largest absolute Gasteiger partial charge is 0.455 e. The number of nitrogens with zero attached hydrogens (tertiary/aromatic N) is 5. The Kier molecular flexibility index (Phi) is 4.78. The minimum atomic E-state index is 0.492. The van der Waals surface area contributed by atoms with Crippen LogP contribution >= 0.6 is 0 Å². The number of hydrogen-bond donors (Lipinski definition) is 0. The van der Waals surface area contributed by atoms with Crippen LogP contribution in [0, 0.1) is 11.3 Å². The minimum Gasteiger partial charge on any atom is -0.455 e. The third kappa shape index (κ3) is 3.25. The van der Waals surface area contributed by atoms with Gasteiger partial charge >= 0.3 is 0 Å². The fraction of sp³-hybridized carbons (Fsp3) is 0. The Hall–Kier alpha value is -5.80. The van der Waals surface area contributed by atoms with Crippen LogP contribution in [0.15, 0.2) is 120 Å². The Morgan fingerprint density at radius 1 is 0.600 bits per heavy atom. The first-order valence-corrected chi connectivity index (χ1v) is 12.9. The van der Waals surface area contributed by atoms with Crippen molar-refractivity contribution in [2.45, 2.75) is 0 Å². The average molecular weight is 514 g/mol. The monoisotopic (exact) mass is 513 g/mol. The SMILES string of the molecule is N#Cc1cccc2c1oc1cccc(-c3nc(-c4ccccc4)nc(-n4c5ccccc5c5ccccc54)n3)c12. The van der Waals surface area contributed by atoms with Crippen molar-refractivity contribution < 1.29 is 4.42 Å². The van der Waals surface area contributed by atoms with Gasteiger partial charge in [-0.05, 0) is 24.3 Å². The third-order valence-electron chi connectivity index (χ3n) is 7.32. The molecule has 0 saturated heterocycles. The van der Waals surface area contributed by atoms with Gasteiger partial charge in [0, 0.05) is 32.7 Å². The smallest absolute Gasteiger partial charge is 0.238 e. The minimum absolute atomic E-state index is 0.492. The second-order valence-corrected chi connectivity index (χ2v) is 9.59. The van der Waals surface area contributed by atoms with E-state index in [0.29, 0.717) is 34.3 Å². The maximum atomic E-state index is 9.68. The number of nitriles is 1. The molecule has 0 saturated carbocycles. The maximum absolute atomic E-state index is 9.68. The number of fused-ring (bicyclic) bond motifs is 6. The molecule has 186 valence electrons. The first kappa shape index (κ1) is 22.2. The van der Waals surface area contributed by atoms with Gasteiger partial charge in [0.2, 0.25) is 5.95 Å². The molecule has 0 radical (unpaired) electrons. The van der Waals surface area contributed by atoms with E-state index in [2.05, 4.69) is 34.9 Å². The summed E-state index contributed by atoms with van der Waals surface area (Å²) in [6.45, 7) is 0. The second kappa shape index (κ2) is 8.62. The van der Waals surface area contributed by atoms with E-state index in [1.54, 1.807) is 6.07 Å². The van der Waals surface area contributed by atoms with Crippen LogP contribution in [0.3, 0.4) is 0 Å². The standard InChI is InChI=1S/C34H19N5O/c35-20-22-12-8-15-25-30-26(16-9-19-29(30)40-31(22)25)33-36-32(21-10-2-1-3-11-21)37-34(38-33)39-27-17-6-4-13-23(27)24-14-5-7-18-28(24)39/h1-19H. The lowest BCUT2D eigenvalue weighted by molar-refractivity contribution is 0.667. The summed E-state index contributed by atoms with van der Waals surface area (Å²) >= 11 is 0. The molecular formula is C34H19N5O. The molecule has 0 bridgehead atoms. The van der Waals surface area contributed by atoms with Gasteiger partial charge in [-0.15, -0.1) is 0 Å². The highest BCUT2D eigenvalue weighted by atomic mass is 16.3. The van der Waals surface area contributed by atoms with Crippen LogP contribution in [0.1, 0.15) is 5.56 Å². The van der Waals surface area contributed by atoms with Crippen molar-refractivity contribution in [3.05, 3.63) is 121 Å². The van der Waals surface area contributed by atoms with E-state index >= 15 is 0 Å². The van der Waals surface area contributed by atoms with Gasteiger partial charge in [-0.25, -0.2) is 4.98 Å². The van der Waals surface area contributed by atoms with E-state index in [9.17, 15) is 5.26 Å². The first-order valence-electron chi connectivity index (χ1n) is 12.9. The molecule has 0 aliphatic carbocycles. The number of rotatable bonds is 3. The highest BCUT2D eigenvalue weighted by molar-refractivity contribution is 6.13. The lowest BCUT2D eigenvalue weighted by atomic mass is 10.0. The quantitative estimate of drug-likeness (QED) is 0.239. The Balaban J connectivity index is 1.48. The fourth-order valence-corrected chi connectivity index (χ4v) is 5.56. The van der Waals surface area contributed by atoms with Crippen LogP contribution in [0.2, 0.25) is 0 Å². The van der Waals surface area contributed by atoms with Crippen molar-refractivity contribution in [2.24, 2.45) is 0 Å². The van der Waals surface area contributed by atoms with Crippen molar-refractivity contribution in [1.29, 1.82) is 5.26 Å². The van der Waals surface area contributed by atoms with E-state index in [4.69, 9.17) is 19.4 Å². The van der Waals surface area contributed by atoms with E-state index < -0.39 is 0 Å². The molecule has 0 atom stereocenters. The molecular weight excluding hydrogens is 494 g/mol. The van der Waals surface area contributed by atoms with E-state index in [1.165, 1.54) is 0 Å². The number of benzene rings is 5. The molecule has 8 rings (SSSR count). The van der Waals surface area contributed by atoms with Crippen molar-refractivity contribution >= 4 is 43.7 Å². The third-order valence-corrected chi connectivity index (χ3v) is 7.32. The summed E-state index contributed by atoms with van der Waals surface area (Å²) in [5.74, 6) is 1.63. The number of furan rings is 1. The fourth-order valence-electron chi connectivity index (χ4n) is 5.56. The number of aromatic nitrogens is 4. The molecule has 0 unspecified atom stereocenters. The molecule has 3 aromatic heterocycles. The Labute approximate surface area is 228 Å². The Morgan fingerprint density at radius 2 is 1.25 bits per heavy atom. The second-order valence-electron chi connectivity index (χ2n) is 9.59. The van der Waals surface area contributed by atoms with Gasteiger partial charge in [-0.1, -0.05) is 91.0 Å². The summed E-state index contributed by atoms with van der Waals surface area (Å²) in [6.07, 6.45) is 0. The van der Waals surface area contributed by atoms with Crippen molar-refractivity contribution in [3.63, 3.8) is 0 Å². The lowest BCUT2D eigenvalue weighted by Gasteiger charge is -2.11. The van der Waals surface area contributed by atoms with Gasteiger partial charge in [0.05, 0.1) is 16.6 Å². The van der Waals surface area contributed by atoms with Crippen LogP contribution in [0.4, 0.5) is 0 Å². The molecule has 0 amide bonds. The summed E-state index contributed by atoms with van der Waals surface area (Å²) in [6, 6.07) is 40.2. The zero-order chi connectivity index (χ0) is 26.6. The predicted octanol–water partition coefficient (Wildman–Crippen LogP) is 8.07. The Bertz CT molecular complexity index is 2240. The lowest BCUT2D eigenvalue weighted by Crippen LogP contribution is -2.06. The molecule has 0 aliphatic rings. The summed E-state index contributed by atoms with van der Waals surface area (Å²) in [4.78, 5) is 15.1. The van der Waals surface area contributed by atoms with E-state index in [0.717, 1.165) is 43.7 Å². The normalized spacial score (nSPS) is 11.5. The number of hydrogen-bond acceptors (Lipinski definition) is 5. The van der Waals surface area contributed by atoms with E-state index in [-0.39, 0.29) is 0 Å². The predicted molar refractivity (Wildman–Crippen MR) is 157 cm³/mol. The molecule has 0 spiro atoms. The van der Waals surface area contributed by atoms with E-state index in [1.807, 2.05) is 84.9 Å². The van der Waals surface area contributed by atoms with Crippen LogP contribution in [-0.4, -0.2) is 19.5 Å². The summed E-state index contributed by atoms with van der Waals surface area (Å²) < 4.78 is 8.27. The highest BCUT2D eigenvalue weighted by Gasteiger charge is 2.20. The van der Waals surface area contributed by atoms with Crippen LogP contribution < -0.4 is 0 Å². The maximum Gasteiger partial charge on any atom is 0.238 e. The number of para-hydroxylation sites is 3. The molecule has 3 heterocycles. The van der Waals surface area contributed by atoms with Gasteiger partial charge < -0.3 is 4.42 Å². The first-order chi connectivity index (χ1) is 19.8. The van der Waals surface area contributed by atoms with Gasteiger partial charge in [0.25, 0.3) is 0 Å². The van der Waals surface area contributed by atoms with Gasteiger partial charge in [0.15, 0.2) is 17.2 Å². The highest BCUT2D eigenvalue weighted by Crippen LogP contribution is 2.38. The molecule has 40 heavy (non-hydrogen) atoms. The van der Waals surface area contributed by atoms with Gasteiger partial charge in [-0.3, -0.25) is 4.57 Å². The Morgan fingerprint density at radius 3 is 2.00 bits per heavy atom. The van der Waals surface area contributed by atoms with Crippen molar-refractivity contribution in [3.8, 4) is 34.8 Å². The molecule has 6 heteroatoms. The average Bonchev–Trinajstić information content (AvgIpc) is 3.57. The van der Waals surface area contributed by atoms with Crippen molar-refractivity contribution in [1.82, 2.24) is 19.5 Å². The topological polar surface area (TPSA) is 80.5 Å². The van der Waals surface area contributed by atoms with Crippen LogP contribution in [0.5, 0.6) is 0 Å². The summed E-state index contributed by atoms with van der Waals surface area (Å²) in [7, 11) is 0. The molecule has 0 N–H and O–H groups in total. The zero-order valence-electron chi connectivity index (χ0n) is 21.1. The molecule has 5 aromatic carbocycles. The van der Waals surface area contributed by atoms with Crippen LogP contribution in [0.25, 0.3) is 72.5 Å². The molecule has 0 aliphatic heterocycles. The molecule has 0 fully saturated rings. The zero-order valence-corrected chi connectivity index (χ0v) is 21.1.